The predicted octanol–water partition coefficient (Wildman–Crippen LogP) is 3.86. The molecule has 0 amide bonds. The average Bonchev–Trinajstić information content (AvgIpc) is 2.98. The number of hydrogen-bond donors (Lipinski definition) is 0. The van der Waals surface area contributed by atoms with Crippen LogP contribution in [0.4, 0.5) is 0 Å². The summed E-state index contributed by atoms with van der Waals surface area (Å²) in [5.41, 5.74) is -0.0476. The molecule has 2 aromatic rings. The van der Waals surface area contributed by atoms with Gasteiger partial charge in [0.2, 0.25) is 11.9 Å². The maximum absolute atomic E-state index is 12.8. The summed E-state index contributed by atoms with van der Waals surface area (Å²) in [5.74, 6) is 0.150. The molecule has 1 heterocycles. The summed E-state index contributed by atoms with van der Waals surface area (Å²) in [4.78, 5) is 12.8. The molecule has 5 nitrogen and oxygen atoms in total. The molecule has 3 rings (SSSR count). The van der Waals surface area contributed by atoms with E-state index in [1.54, 1.807) is 24.3 Å². The lowest BCUT2D eigenvalue weighted by atomic mass is 9.94. The molecule has 1 aliphatic rings. The first-order valence-corrected chi connectivity index (χ1v) is 8.88. The number of rotatable bonds is 5. The Labute approximate surface area is 159 Å². The second-order valence-corrected chi connectivity index (χ2v) is 7.80. The lowest BCUT2D eigenvalue weighted by Crippen LogP contribution is -2.45. The average molecular weight is 365 g/mol. The summed E-state index contributed by atoms with van der Waals surface area (Å²) in [6.07, 6.45) is -0.284. The number of hydrogen-bond acceptors (Lipinski definition) is 5. The fraction of sp³-hybridized carbons (Fsp3) is 0.364. The number of nitriles is 1. The van der Waals surface area contributed by atoms with Crippen LogP contribution in [-0.2, 0) is 20.7 Å². The molecule has 5 heteroatoms. The van der Waals surface area contributed by atoms with E-state index >= 15 is 0 Å². The molecule has 2 unspecified atom stereocenters. The van der Waals surface area contributed by atoms with Crippen molar-refractivity contribution in [3.63, 3.8) is 0 Å². The summed E-state index contributed by atoms with van der Waals surface area (Å²) < 4.78 is 17.6. The molecule has 0 bridgehead atoms. The fourth-order valence-electron chi connectivity index (χ4n) is 2.84. The van der Waals surface area contributed by atoms with Gasteiger partial charge in [0.25, 0.3) is 0 Å². The second kappa shape index (κ2) is 7.42. The van der Waals surface area contributed by atoms with Crippen LogP contribution in [0.5, 0.6) is 5.75 Å². The highest BCUT2D eigenvalue weighted by atomic mass is 16.8. The van der Waals surface area contributed by atoms with Crippen LogP contribution in [0.1, 0.15) is 31.9 Å². The molecule has 1 saturated heterocycles. The van der Waals surface area contributed by atoms with Crippen LogP contribution in [-0.4, -0.2) is 24.5 Å². The van der Waals surface area contributed by atoms with Crippen LogP contribution >= 0.6 is 0 Å². The second-order valence-electron chi connectivity index (χ2n) is 7.80. The zero-order valence-corrected chi connectivity index (χ0v) is 15.8. The fourth-order valence-corrected chi connectivity index (χ4v) is 2.84. The number of cyclic esters (lactones) is 1. The van der Waals surface area contributed by atoms with Crippen molar-refractivity contribution in [2.75, 3.05) is 6.61 Å². The monoisotopic (exact) mass is 365 g/mol. The van der Waals surface area contributed by atoms with Gasteiger partial charge in [0, 0.05) is 11.8 Å². The van der Waals surface area contributed by atoms with E-state index in [1.165, 1.54) is 0 Å². The van der Waals surface area contributed by atoms with Crippen molar-refractivity contribution in [2.24, 2.45) is 5.41 Å². The van der Waals surface area contributed by atoms with E-state index in [9.17, 15) is 4.79 Å². The predicted molar refractivity (Wildman–Crippen MR) is 99.9 cm³/mol. The van der Waals surface area contributed by atoms with E-state index < -0.39 is 17.9 Å². The molecule has 140 valence electrons. The Morgan fingerprint density at radius 3 is 2.33 bits per heavy atom. The Bertz CT molecular complexity index is 833. The highest BCUT2D eigenvalue weighted by Crippen LogP contribution is 2.37. The van der Waals surface area contributed by atoms with E-state index in [2.05, 4.69) is 6.07 Å². The lowest BCUT2D eigenvalue weighted by Gasteiger charge is -2.28. The molecule has 0 aromatic heterocycles. The highest BCUT2D eigenvalue weighted by molar-refractivity contribution is 5.82. The van der Waals surface area contributed by atoms with Gasteiger partial charge in [-0.25, -0.2) is 4.79 Å². The van der Waals surface area contributed by atoms with Crippen LogP contribution in [0.3, 0.4) is 0 Å². The van der Waals surface area contributed by atoms with Crippen molar-refractivity contribution in [1.29, 1.82) is 5.26 Å². The van der Waals surface area contributed by atoms with Crippen molar-refractivity contribution in [1.82, 2.24) is 0 Å². The molecular weight excluding hydrogens is 342 g/mol. The first-order valence-electron chi connectivity index (χ1n) is 8.88. The molecule has 0 aliphatic carbocycles. The summed E-state index contributed by atoms with van der Waals surface area (Å²) in [6, 6.07) is 18.5. The van der Waals surface area contributed by atoms with Gasteiger partial charge in [-0.05, 0) is 29.8 Å². The van der Waals surface area contributed by atoms with Gasteiger partial charge >= 0.3 is 5.97 Å². The van der Waals surface area contributed by atoms with Crippen molar-refractivity contribution >= 4 is 5.97 Å². The Hall–Kier alpha value is -2.84. The molecule has 1 fully saturated rings. The maximum atomic E-state index is 12.8. The maximum Gasteiger partial charge on any atom is 0.344 e. The van der Waals surface area contributed by atoms with Gasteiger partial charge in [-0.2, -0.15) is 5.26 Å². The van der Waals surface area contributed by atoms with Crippen LogP contribution in [0, 0.1) is 16.7 Å². The van der Waals surface area contributed by atoms with Crippen LogP contribution in [0.2, 0.25) is 0 Å². The van der Waals surface area contributed by atoms with Crippen molar-refractivity contribution in [3.05, 3.63) is 65.7 Å². The minimum Gasteiger partial charge on any atom is -0.490 e. The van der Waals surface area contributed by atoms with Gasteiger partial charge in [0.05, 0.1) is 11.6 Å². The quantitative estimate of drug-likeness (QED) is 0.753. The minimum absolute atomic E-state index is 0.0270. The van der Waals surface area contributed by atoms with Crippen LogP contribution in [0.25, 0.3) is 0 Å². The van der Waals surface area contributed by atoms with Crippen molar-refractivity contribution in [2.45, 2.75) is 39.1 Å². The summed E-state index contributed by atoms with van der Waals surface area (Å²) in [6.45, 7) is 5.92. The van der Waals surface area contributed by atoms with Crippen molar-refractivity contribution < 1.29 is 19.0 Å². The summed E-state index contributed by atoms with van der Waals surface area (Å²) in [5, 5.41) is 8.90. The Morgan fingerprint density at radius 2 is 1.78 bits per heavy atom. The SMILES string of the molecule is CC(C)(C)C1OC(=O)C(COc2ccc(C#N)cc2)(Cc2ccccc2)O1. The number of benzene rings is 2. The number of nitrogens with zero attached hydrogens (tertiary/aromatic N) is 1. The van der Waals surface area contributed by atoms with Crippen molar-refractivity contribution in [3.8, 4) is 11.8 Å². The molecule has 0 N–H and O–H groups in total. The first kappa shape index (κ1) is 18.9. The van der Waals surface area contributed by atoms with Crippen LogP contribution in [0.15, 0.2) is 54.6 Å². The molecule has 2 aromatic carbocycles. The standard InChI is InChI=1S/C22H23NO4/c1-21(2,3)20-26-19(24)22(27-20,13-16-7-5-4-6-8-16)15-25-18-11-9-17(14-23)10-12-18/h4-12,20H,13,15H2,1-3H3. The third-order valence-electron chi connectivity index (χ3n) is 4.41. The van der Waals surface area contributed by atoms with Gasteiger partial charge in [-0.3, -0.25) is 0 Å². The first-order chi connectivity index (χ1) is 12.8. The molecule has 1 aliphatic heterocycles. The van der Waals surface area contributed by atoms with Gasteiger partial charge in [0.1, 0.15) is 12.4 Å². The molecule has 0 saturated carbocycles. The molecule has 0 radical (unpaired) electrons. The Balaban J connectivity index is 1.83. The third-order valence-corrected chi connectivity index (χ3v) is 4.41. The van der Waals surface area contributed by atoms with Gasteiger partial charge < -0.3 is 14.2 Å². The van der Waals surface area contributed by atoms with E-state index in [0.29, 0.717) is 17.7 Å². The largest absolute Gasteiger partial charge is 0.490 e. The smallest absolute Gasteiger partial charge is 0.344 e. The third kappa shape index (κ3) is 4.29. The van der Waals surface area contributed by atoms with Gasteiger partial charge in [-0.1, -0.05) is 51.1 Å². The van der Waals surface area contributed by atoms with Gasteiger partial charge in [0.15, 0.2) is 0 Å². The van der Waals surface area contributed by atoms with E-state index in [1.807, 2.05) is 51.1 Å². The molecule has 27 heavy (non-hydrogen) atoms. The zero-order chi connectivity index (χ0) is 19.5. The van der Waals surface area contributed by atoms with Crippen LogP contribution < -0.4 is 4.74 Å². The molecule has 0 spiro atoms. The summed E-state index contributed by atoms with van der Waals surface area (Å²) in [7, 11) is 0. The number of carbonyl (C=O) groups is 1. The topological polar surface area (TPSA) is 68.5 Å². The zero-order valence-electron chi connectivity index (χ0n) is 15.8. The molecule has 2 atom stereocenters. The minimum atomic E-state index is -1.22. The number of carbonyl (C=O) groups excluding carboxylic acids is 1. The Kier molecular flexibility index (Phi) is 5.20. The number of esters is 1. The van der Waals surface area contributed by atoms with E-state index in [4.69, 9.17) is 19.5 Å². The molecular formula is C22H23NO4. The number of ether oxygens (including phenoxy) is 3. The summed E-state index contributed by atoms with van der Waals surface area (Å²) >= 11 is 0. The van der Waals surface area contributed by atoms with E-state index in [0.717, 1.165) is 5.56 Å². The normalized spacial score (nSPS) is 22.1. The van der Waals surface area contributed by atoms with E-state index in [-0.39, 0.29) is 12.0 Å². The lowest BCUT2D eigenvalue weighted by molar-refractivity contribution is -0.157. The Morgan fingerprint density at radius 1 is 1.11 bits per heavy atom. The highest BCUT2D eigenvalue weighted by Gasteiger charge is 2.54. The van der Waals surface area contributed by atoms with Gasteiger partial charge in [-0.15, -0.1) is 0 Å².